The predicted molar refractivity (Wildman–Crippen MR) is 74.5 cm³/mol. The molecular weight excluding hydrogens is 224 g/mol. The Morgan fingerprint density at radius 2 is 2.22 bits per heavy atom. The third-order valence-electron chi connectivity index (χ3n) is 3.55. The average Bonchev–Trinajstić information content (AvgIpc) is 2.78. The van der Waals surface area contributed by atoms with Crippen LogP contribution in [0, 0.1) is 5.92 Å². The van der Waals surface area contributed by atoms with Gasteiger partial charge in [-0.15, -0.1) is 0 Å². The Hall–Kier alpha value is -0.900. The molecule has 1 fully saturated rings. The second-order valence-corrected chi connectivity index (χ2v) is 5.20. The van der Waals surface area contributed by atoms with E-state index in [1.807, 2.05) is 7.05 Å². The Bertz CT molecular complexity index is 367. The molecule has 1 aliphatic heterocycles. The number of ether oxygens (including phenoxy) is 1. The lowest BCUT2D eigenvalue weighted by Crippen LogP contribution is -2.21. The molecule has 0 spiro atoms. The zero-order chi connectivity index (χ0) is 12.8. The monoisotopic (exact) mass is 248 g/mol. The van der Waals surface area contributed by atoms with E-state index in [0.717, 1.165) is 25.6 Å². The Balaban J connectivity index is 1.88. The van der Waals surface area contributed by atoms with Crippen molar-refractivity contribution in [3.05, 3.63) is 35.4 Å². The second kappa shape index (κ2) is 6.88. The molecule has 0 saturated carbocycles. The van der Waals surface area contributed by atoms with Crippen molar-refractivity contribution in [3.8, 4) is 0 Å². The smallest absolute Gasteiger partial charge is 0.0503 e. The lowest BCUT2D eigenvalue weighted by Gasteiger charge is -2.16. The molecule has 0 aromatic heterocycles. The Kier molecular flexibility index (Phi) is 5.17. The fraction of sp³-hybridized carbons (Fsp3) is 0.600. The molecule has 1 atom stereocenters. The number of nitrogens with zero attached hydrogens (tertiary/aromatic N) is 1. The van der Waals surface area contributed by atoms with Crippen LogP contribution < -0.4 is 5.32 Å². The summed E-state index contributed by atoms with van der Waals surface area (Å²) in [7, 11) is 3.78. The zero-order valence-electron chi connectivity index (χ0n) is 11.5. The van der Waals surface area contributed by atoms with E-state index in [9.17, 15) is 0 Å². The number of benzene rings is 1. The highest BCUT2D eigenvalue weighted by Gasteiger charge is 2.22. The van der Waals surface area contributed by atoms with Crippen LogP contribution in [0.15, 0.2) is 24.3 Å². The minimum absolute atomic E-state index is 0.718. The van der Waals surface area contributed by atoms with Gasteiger partial charge in [-0.2, -0.15) is 0 Å². The van der Waals surface area contributed by atoms with E-state index in [2.05, 4.69) is 34.5 Å². The molecule has 0 amide bonds. The van der Waals surface area contributed by atoms with Gasteiger partial charge in [-0.1, -0.05) is 24.3 Å². The van der Waals surface area contributed by atoms with E-state index in [4.69, 9.17) is 4.74 Å². The largest absolute Gasteiger partial charge is 0.384 e. The van der Waals surface area contributed by atoms with E-state index < -0.39 is 0 Å². The van der Waals surface area contributed by atoms with Gasteiger partial charge >= 0.3 is 0 Å². The molecule has 1 N–H and O–H groups in total. The molecule has 1 heterocycles. The van der Waals surface area contributed by atoms with Gasteiger partial charge in [0.2, 0.25) is 0 Å². The van der Waals surface area contributed by atoms with Crippen molar-refractivity contribution in [2.75, 3.05) is 33.9 Å². The van der Waals surface area contributed by atoms with Crippen LogP contribution in [-0.2, 0) is 17.8 Å². The number of methoxy groups -OCH3 is 1. The van der Waals surface area contributed by atoms with E-state index >= 15 is 0 Å². The van der Waals surface area contributed by atoms with Gasteiger partial charge < -0.3 is 10.1 Å². The van der Waals surface area contributed by atoms with Crippen LogP contribution >= 0.6 is 0 Å². The van der Waals surface area contributed by atoms with Gasteiger partial charge in [0.05, 0.1) is 6.61 Å². The summed E-state index contributed by atoms with van der Waals surface area (Å²) in [4.78, 5) is 2.53. The molecule has 1 aliphatic rings. The third-order valence-corrected chi connectivity index (χ3v) is 3.55. The summed E-state index contributed by atoms with van der Waals surface area (Å²) in [6.07, 6.45) is 1.27. The first kappa shape index (κ1) is 13.5. The summed E-state index contributed by atoms with van der Waals surface area (Å²) in [6, 6.07) is 8.87. The van der Waals surface area contributed by atoms with Crippen molar-refractivity contribution in [1.82, 2.24) is 10.2 Å². The van der Waals surface area contributed by atoms with E-state index in [1.54, 1.807) is 7.11 Å². The zero-order valence-corrected chi connectivity index (χ0v) is 11.5. The summed E-state index contributed by atoms with van der Waals surface area (Å²) in [6.45, 7) is 5.28. The van der Waals surface area contributed by atoms with Crippen LogP contribution in [0.5, 0.6) is 0 Å². The molecule has 1 aromatic carbocycles. The van der Waals surface area contributed by atoms with Crippen molar-refractivity contribution in [3.63, 3.8) is 0 Å². The van der Waals surface area contributed by atoms with E-state index in [1.165, 1.54) is 30.6 Å². The summed E-state index contributed by atoms with van der Waals surface area (Å²) in [5.74, 6) is 0.718. The molecule has 1 unspecified atom stereocenters. The normalized spacial score (nSPS) is 20.4. The highest BCUT2D eigenvalue weighted by molar-refractivity contribution is 5.23. The molecule has 1 saturated heterocycles. The van der Waals surface area contributed by atoms with Crippen molar-refractivity contribution in [2.45, 2.75) is 19.5 Å². The molecule has 3 nitrogen and oxygen atoms in total. The van der Waals surface area contributed by atoms with Gasteiger partial charge in [0.25, 0.3) is 0 Å². The fourth-order valence-corrected chi connectivity index (χ4v) is 2.73. The first-order valence-electron chi connectivity index (χ1n) is 6.75. The topological polar surface area (TPSA) is 24.5 Å². The van der Waals surface area contributed by atoms with Crippen LogP contribution in [0.2, 0.25) is 0 Å². The predicted octanol–water partition coefficient (Wildman–Crippen LogP) is 1.87. The number of likely N-dealkylation sites (tertiary alicyclic amines) is 1. The van der Waals surface area contributed by atoms with Crippen molar-refractivity contribution in [1.29, 1.82) is 0 Å². The second-order valence-electron chi connectivity index (χ2n) is 5.20. The first-order valence-corrected chi connectivity index (χ1v) is 6.75. The Morgan fingerprint density at radius 1 is 1.39 bits per heavy atom. The lowest BCUT2D eigenvalue weighted by molar-refractivity contribution is 0.152. The number of hydrogen-bond acceptors (Lipinski definition) is 3. The molecule has 0 bridgehead atoms. The van der Waals surface area contributed by atoms with Gasteiger partial charge in [0.15, 0.2) is 0 Å². The molecule has 1 aromatic rings. The molecule has 0 radical (unpaired) electrons. The van der Waals surface area contributed by atoms with Gasteiger partial charge in [0, 0.05) is 26.7 Å². The van der Waals surface area contributed by atoms with Gasteiger partial charge in [-0.05, 0) is 37.1 Å². The number of hydrogen-bond donors (Lipinski definition) is 1. The van der Waals surface area contributed by atoms with Gasteiger partial charge in [-0.3, -0.25) is 4.90 Å². The first-order chi connectivity index (χ1) is 8.81. The summed E-state index contributed by atoms with van der Waals surface area (Å²) >= 11 is 0. The summed E-state index contributed by atoms with van der Waals surface area (Å²) < 4.78 is 5.24. The van der Waals surface area contributed by atoms with Gasteiger partial charge in [0.1, 0.15) is 0 Å². The summed E-state index contributed by atoms with van der Waals surface area (Å²) in [5, 5.41) is 3.20. The van der Waals surface area contributed by atoms with Crippen LogP contribution in [0.4, 0.5) is 0 Å². The van der Waals surface area contributed by atoms with Gasteiger partial charge in [-0.25, -0.2) is 0 Å². The van der Waals surface area contributed by atoms with Crippen molar-refractivity contribution < 1.29 is 4.74 Å². The maximum Gasteiger partial charge on any atom is 0.0503 e. The Morgan fingerprint density at radius 3 is 3.00 bits per heavy atom. The standard InChI is InChI=1S/C15H24N2O/c1-16-9-13-4-3-5-14(8-13)10-17-7-6-15(11-17)12-18-2/h3-5,8,15-16H,6-7,9-12H2,1-2H3. The van der Waals surface area contributed by atoms with E-state index in [-0.39, 0.29) is 0 Å². The molecule has 100 valence electrons. The average molecular weight is 248 g/mol. The fourth-order valence-electron chi connectivity index (χ4n) is 2.73. The van der Waals surface area contributed by atoms with Crippen LogP contribution in [0.3, 0.4) is 0 Å². The molecule has 18 heavy (non-hydrogen) atoms. The van der Waals surface area contributed by atoms with Crippen LogP contribution in [-0.4, -0.2) is 38.8 Å². The van der Waals surface area contributed by atoms with Crippen molar-refractivity contribution in [2.24, 2.45) is 5.92 Å². The highest BCUT2D eigenvalue weighted by Crippen LogP contribution is 2.19. The lowest BCUT2D eigenvalue weighted by atomic mass is 10.1. The Labute approximate surface area is 110 Å². The molecular formula is C15H24N2O. The minimum Gasteiger partial charge on any atom is -0.384 e. The SMILES string of the molecule is CNCc1cccc(CN2CCC(COC)C2)c1. The molecule has 3 heteroatoms. The maximum absolute atomic E-state index is 5.24. The number of rotatable bonds is 6. The summed E-state index contributed by atoms with van der Waals surface area (Å²) in [5.41, 5.74) is 2.78. The quantitative estimate of drug-likeness (QED) is 0.832. The third kappa shape index (κ3) is 3.80. The number of nitrogens with one attached hydrogen (secondary N) is 1. The van der Waals surface area contributed by atoms with Crippen LogP contribution in [0.25, 0.3) is 0 Å². The maximum atomic E-state index is 5.24. The molecule has 2 rings (SSSR count). The highest BCUT2D eigenvalue weighted by atomic mass is 16.5. The van der Waals surface area contributed by atoms with Crippen molar-refractivity contribution >= 4 is 0 Å². The van der Waals surface area contributed by atoms with E-state index in [0.29, 0.717) is 0 Å². The van der Waals surface area contributed by atoms with Crippen LogP contribution in [0.1, 0.15) is 17.5 Å². The minimum atomic E-state index is 0.718. The molecule has 0 aliphatic carbocycles.